The van der Waals surface area contributed by atoms with E-state index in [1.807, 2.05) is 0 Å². The third-order valence-corrected chi connectivity index (χ3v) is 2.35. The monoisotopic (exact) mass is 253 g/mol. The zero-order chi connectivity index (χ0) is 13.8. The van der Waals surface area contributed by atoms with Crippen molar-refractivity contribution in [3.05, 3.63) is 29.6 Å². The van der Waals surface area contributed by atoms with E-state index in [1.54, 1.807) is 0 Å². The molecule has 0 heterocycles. The highest BCUT2D eigenvalue weighted by atomic mass is 19.1. The van der Waals surface area contributed by atoms with Gasteiger partial charge in [-0.1, -0.05) is 0 Å². The zero-order valence-corrected chi connectivity index (χ0v) is 11.0. The van der Waals surface area contributed by atoms with Gasteiger partial charge < -0.3 is 16.4 Å². The topological polar surface area (TPSA) is 67.2 Å². The fraction of sp³-hybridized carbons (Fsp3) is 0.462. The molecule has 0 saturated heterocycles. The summed E-state index contributed by atoms with van der Waals surface area (Å²) in [6.07, 6.45) is 0. The fourth-order valence-electron chi connectivity index (χ4n) is 1.45. The molecule has 0 atom stereocenters. The van der Waals surface area contributed by atoms with Gasteiger partial charge >= 0.3 is 0 Å². The fourth-order valence-corrected chi connectivity index (χ4v) is 1.45. The molecular formula is C13H20FN3O. The van der Waals surface area contributed by atoms with Crippen molar-refractivity contribution >= 4 is 11.6 Å². The van der Waals surface area contributed by atoms with E-state index >= 15 is 0 Å². The number of carbonyl (C=O) groups is 1. The van der Waals surface area contributed by atoms with Crippen molar-refractivity contribution in [1.29, 1.82) is 0 Å². The van der Waals surface area contributed by atoms with Gasteiger partial charge in [-0.3, -0.25) is 4.79 Å². The van der Waals surface area contributed by atoms with Crippen LogP contribution in [0.15, 0.2) is 18.2 Å². The van der Waals surface area contributed by atoms with E-state index in [0.717, 1.165) is 0 Å². The van der Waals surface area contributed by atoms with Gasteiger partial charge in [0.2, 0.25) is 5.91 Å². The number of carbonyl (C=O) groups excluding carboxylic acids is 1. The standard InChI is InChI=1S/C13H20FN3O/c1-13(2,3)17-7-6-16-11-8-9(12(15)18)4-5-10(11)14/h4-5,8,16-17H,6-7H2,1-3H3,(H2,15,18). The molecule has 0 aliphatic carbocycles. The summed E-state index contributed by atoms with van der Waals surface area (Å²) in [5.74, 6) is -0.957. The number of benzene rings is 1. The lowest BCUT2D eigenvalue weighted by Gasteiger charge is -2.20. The molecule has 4 nitrogen and oxygen atoms in total. The summed E-state index contributed by atoms with van der Waals surface area (Å²) >= 11 is 0. The lowest BCUT2D eigenvalue weighted by molar-refractivity contribution is 0.100. The predicted octanol–water partition coefficient (Wildman–Crippen LogP) is 1.72. The molecule has 0 spiro atoms. The van der Waals surface area contributed by atoms with E-state index in [9.17, 15) is 9.18 Å². The minimum Gasteiger partial charge on any atom is -0.381 e. The Hall–Kier alpha value is -1.62. The normalized spacial score (nSPS) is 11.3. The molecule has 100 valence electrons. The molecular weight excluding hydrogens is 233 g/mol. The van der Waals surface area contributed by atoms with Crippen molar-refractivity contribution in [3.63, 3.8) is 0 Å². The second-order valence-electron chi connectivity index (χ2n) is 5.16. The van der Waals surface area contributed by atoms with Crippen molar-refractivity contribution in [3.8, 4) is 0 Å². The first-order valence-electron chi connectivity index (χ1n) is 5.88. The van der Waals surface area contributed by atoms with Crippen LogP contribution in [0.5, 0.6) is 0 Å². The highest BCUT2D eigenvalue weighted by molar-refractivity contribution is 5.93. The molecule has 1 rings (SSSR count). The van der Waals surface area contributed by atoms with Crippen molar-refractivity contribution in [2.24, 2.45) is 5.73 Å². The molecule has 5 heteroatoms. The van der Waals surface area contributed by atoms with E-state index in [-0.39, 0.29) is 5.54 Å². The third kappa shape index (κ3) is 4.71. The van der Waals surface area contributed by atoms with Crippen LogP contribution >= 0.6 is 0 Å². The Morgan fingerprint density at radius 2 is 2.00 bits per heavy atom. The average Bonchev–Trinajstić information content (AvgIpc) is 2.24. The molecule has 0 saturated carbocycles. The first-order valence-corrected chi connectivity index (χ1v) is 5.88. The van der Waals surface area contributed by atoms with Crippen molar-refractivity contribution in [2.75, 3.05) is 18.4 Å². The number of nitrogens with one attached hydrogen (secondary N) is 2. The minimum absolute atomic E-state index is 0.0231. The molecule has 0 fully saturated rings. The van der Waals surface area contributed by atoms with Gasteiger partial charge in [-0.2, -0.15) is 0 Å². The van der Waals surface area contributed by atoms with Gasteiger partial charge in [0, 0.05) is 24.2 Å². The molecule has 1 amide bonds. The van der Waals surface area contributed by atoms with E-state index in [4.69, 9.17) is 5.73 Å². The molecule has 4 N–H and O–H groups in total. The number of primary amides is 1. The lowest BCUT2D eigenvalue weighted by atomic mass is 10.1. The molecule has 0 aromatic heterocycles. The number of hydrogen-bond acceptors (Lipinski definition) is 3. The Balaban J connectivity index is 2.56. The van der Waals surface area contributed by atoms with Crippen LogP contribution in [0, 0.1) is 5.82 Å². The largest absolute Gasteiger partial charge is 0.381 e. The molecule has 1 aromatic rings. The first kappa shape index (κ1) is 14.4. The lowest BCUT2D eigenvalue weighted by Crippen LogP contribution is -2.38. The van der Waals surface area contributed by atoms with Gasteiger partial charge in [0.05, 0.1) is 5.69 Å². The number of nitrogens with two attached hydrogens (primary N) is 1. The summed E-state index contributed by atoms with van der Waals surface area (Å²) in [7, 11) is 0. The number of amides is 1. The Bertz CT molecular complexity index is 427. The van der Waals surface area contributed by atoms with Crippen LogP contribution < -0.4 is 16.4 Å². The minimum atomic E-state index is -0.564. The van der Waals surface area contributed by atoms with E-state index in [2.05, 4.69) is 31.4 Å². The summed E-state index contributed by atoms with van der Waals surface area (Å²) in [5, 5.41) is 6.21. The summed E-state index contributed by atoms with van der Waals surface area (Å²) in [6.45, 7) is 7.43. The zero-order valence-electron chi connectivity index (χ0n) is 11.0. The quantitative estimate of drug-likeness (QED) is 0.700. The van der Waals surface area contributed by atoms with Crippen molar-refractivity contribution in [2.45, 2.75) is 26.3 Å². The van der Waals surface area contributed by atoms with Gasteiger partial charge in [0.15, 0.2) is 0 Å². The van der Waals surface area contributed by atoms with Crippen LogP contribution in [0.1, 0.15) is 31.1 Å². The SMILES string of the molecule is CC(C)(C)NCCNc1cc(C(N)=O)ccc1F. The first-order chi connectivity index (χ1) is 8.29. The van der Waals surface area contributed by atoms with Gasteiger partial charge in [0.1, 0.15) is 5.82 Å². The average molecular weight is 253 g/mol. The highest BCUT2D eigenvalue weighted by Gasteiger charge is 2.09. The van der Waals surface area contributed by atoms with Gasteiger partial charge in [-0.15, -0.1) is 0 Å². The Kier molecular flexibility index (Phi) is 4.67. The number of halogens is 1. The number of hydrogen-bond donors (Lipinski definition) is 3. The van der Waals surface area contributed by atoms with Crippen molar-refractivity contribution in [1.82, 2.24) is 5.32 Å². The van der Waals surface area contributed by atoms with E-state index in [0.29, 0.717) is 24.3 Å². The molecule has 0 radical (unpaired) electrons. The molecule has 0 unspecified atom stereocenters. The Morgan fingerprint density at radius 1 is 1.33 bits per heavy atom. The van der Waals surface area contributed by atoms with E-state index < -0.39 is 11.7 Å². The van der Waals surface area contributed by atoms with Crippen molar-refractivity contribution < 1.29 is 9.18 Å². The Morgan fingerprint density at radius 3 is 2.56 bits per heavy atom. The van der Waals surface area contributed by atoms with Crippen LogP contribution in [0.4, 0.5) is 10.1 Å². The summed E-state index contributed by atoms with van der Waals surface area (Å²) in [5.41, 5.74) is 5.75. The molecule has 0 aliphatic heterocycles. The number of rotatable bonds is 5. The maximum absolute atomic E-state index is 13.5. The number of anilines is 1. The van der Waals surface area contributed by atoms with Gasteiger partial charge in [0.25, 0.3) is 0 Å². The maximum Gasteiger partial charge on any atom is 0.248 e. The summed E-state index contributed by atoms with van der Waals surface area (Å²) in [4.78, 5) is 11.0. The van der Waals surface area contributed by atoms with Gasteiger partial charge in [-0.25, -0.2) is 4.39 Å². The molecule has 18 heavy (non-hydrogen) atoms. The van der Waals surface area contributed by atoms with E-state index in [1.165, 1.54) is 18.2 Å². The summed E-state index contributed by atoms with van der Waals surface area (Å²) < 4.78 is 13.5. The van der Waals surface area contributed by atoms with Crippen LogP contribution in [-0.4, -0.2) is 24.5 Å². The van der Waals surface area contributed by atoms with Crippen LogP contribution in [0.2, 0.25) is 0 Å². The second kappa shape index (κ2) is 5.82. The van der Waals surface area contributed by atoms with Crippen LogP contribution in [-0.2, 0) is 0 Å². The molecule has 0 bridgehead atoms. The second-order valence-corrected chi connectivity index (χ2v) is 5.16. The summed E-state index contributed by atoms with van der Waals surface area (Å²) in [6, 6.07) is 4.03. The van der Waals surface area contributed by atoms with Crippen LogP contribution in [0.3, 0.4) is 0 Å². The molecule has 0 aliphatic rings. The van der Waals surface area contributed by atoms with Crippen LogP contribution in [0.25, 0.3) is 0 Å². The Labute approximate surface area is 107 Å². The van der Waals surface area contributed by atoms with Gasteiger partial charge in [-0.05, 0) is 39.0 Å². The maximum atomic E-state index is 13.5. The third-order valence-electron chi connectivity index (χ3n) is 2.35. The molecule has 1 aromatic carbocycles. The smallest absolute Gasteiger partial charge is 0.248 e. The predicted molar refractivity (Wildman–Crippen MR) is 71.2 cm³/mol. The highest BCUT2D eigenvalue weighted by Crippen LogP contribution is 2.15.